The quantitative estimate of drug-likeness (QED) is 0.581. The molecule has 0 unspecified atom stereocenters. The van der Waals surface area contributed by atoms with Crippen molar-refractivity contribution in [1.82, 2.24) is 9.97 Å². The van der Waals surface area contributed by atoms with Crippen molar-refractivity contribution in [1.29, 1.82) is 0 Å². The van der Waals surface area contributed by atoms with Gasteiger partial charge in [0.15, 0.2) is 0 Å². The minimum Gasteiger partial charge on any atom is -0.872 e. The molecule has 1 heterocycles. The van der Waals surface area contributed by atoms with E-state index in [1.807, 2.05) is 0 Å². The Kier molecular flexibility index (Phi) is 8.67. The van der Waals surface area contributed by atoms with Crippen LogP contribution in [0.5, 0.6) is 5.75 Å². The van der Waals surface area contributed by atoms with Crippen molar-refractivity contribution in [2.45, 2.75) is 19.4 Å². The van der Waals surface area contributed by atoms with Crippen LogP contribution in [0.4, 0.5) is 0 Å². The molecule has 0 amide bonds. The molecule has 1 aromatic heterocycles. The first-order valence-electron chi connectivity index (χ1n) is 6.16. The predicted octanol–water partition coefficient (Wildman–Crippen LogP) is 0.182. The van der Waals surface area contributed by atoms with Crippen LogP contribution in [0.15, 0.2) is 54.0 Å². The number of carbonyl (C=O) groups excluding carboxylic acids is 1. The standard InChI is InChI=1S/C11H13NO3.C4H4N2.Cu/c1-11(2,10(14)15)12-7-8-5-3-4-6-9(8)13;1-2-6-4-3-5-1;/h3-7,13H,1-2H3,(H,14,15);1-4H;/q;;+2/p-2. The van der Waals surface area contributed by atoms with Crippen LogP contribution in [0, 0.1) is 0 Å². The topological polar surface area (TPSA) is 101 Å². The Labute approximate surface area is 139 Å². The number of carboxylic acid groups (broad SMARTS) is 1. The van der Waals surface area contributed by atoms with E-state index in [0.717, 1.165) is 0 Å². The van der Waals surface area contributed by atoms with Gasteiger partial charge >= 0.3 is 17.1 Å². The molecule has 0 saturated heterocycles. The van der Waals surface area contributed by atoms with Gasteiger partial charge in [-0.05, 0) is 19.4 Å². The molecule has 7 heteroatoms. The normalized spacial score (nSPS) is 10.3. The maximum atomic E-state index is 11.3. The molecule has 0 aliphatic rings. The molecule has 22 heavy (non-hydrogen) atoms. The van der Waals surface area contributed by atoms with E-state index in [-0.39, 0.29) is 22.8 Å². The first-order chi connectivity index (χ1) is 9.93. The second kappa shape index (κ2) is 9.65. The van der Waals surface area contributed by atoms with Crippen LogP contribution in [0.2, 0.25) is 0 Å². The van der Waals surface area contributed by atoms with Crippen LogP contribution in [0.1, 0.15) is 19.4 Å². The van der Waals surface area contributed by atoms with Gasteiger partial charge in [0.05, 0.1) is 11.5 Å². The zero-order valence-electron chi connectivity index (χ0n) is 12.1. The van der Waals surface area contributed by atoms with Crippen molar-refractivity contribution in [2.24, 2.45) is 4.99 Å². The molecule has 2 aromatic rings. The summed E-state index contributed by atoms with van der Waals surface area (Å²) in [4.78, 5) is 21.9. The number of carbonyl (C=O) groups is 1. The number of aliphatic carboxylic acids is 1. The number of nitrogens with zero attached hydrogens (tertiary/aromatic N) is 3. The van der Waals surface area contributed by atoms with Crippen LogP contribution >= 0.6 is 0 Å². The summed E-state index contributed by atoms with van der Waals surface area (Å²) in [6, 6.07) is 6.28. The van der Waals surface area contributed by atoms with Gasteiger partial charge in [0.25, 0.3) is 0 Å². The van der Waals surface area contributed by atoms with E-state index in [1.54, 1.807) is 43.0 Å². The van der Waals surface area contributed by atoms with Gasteiger partial charge in [-0.3, -0.25) is 15.0 Å². The number of rotatable bonds is 3. The van der Waals surface area contributed by atoms with Crippen LogP contribution in [0.25, 0.3) is 0 Å². The van der Waals surface area contributed by atoms with Gasteiger partial charge < -0.3 is 15.0 Å². The maximum absolute atomic E-state index is 11.3. The van der Waals surface area contributed by atoms with Crippen molar-refractivity contribution in [3.63, 3.8) is 0 Å². The van der Waals surface area contributed by atoms with E-state index in [2.05, 4.69) is 15.0 Å². The van der Waals surface area contributed by atoms with E-state index in [4.69, 9.17) is 0 Å². The first kappa shape index (κ1) is 19.8. The van der Waals surface area contributed by atoms with Crippen LogP contribution in [0.3, 0.4) is 0 Å². The van der Waals surface area contributed by atoms with Crippen LogP contribution in [-0.4, -0.2) is 27.7 Å². The summed E-state index contributed by atoms with van der Waals surface area (Å²) in [7, 11) is 0. The second-order valence-corrected chi connectivity index (χ2v) is 4.54. The van der Waals surface area contributed by atoms with Crippen molar-refractivity contribution < 1.29 is 32.1 Å². The molecule has 1 radical (unpaired) electrons. The SMILES string of the molecule is CC(C)(N=Cc1ccccc1[O-])C(=O)[O-].[Cu+2].c1cnccn1. The first-order valence-corrected chi connectivity index (χ1v) is 6.16. The molecule has 0 saturated carbocycles. The van der Waals surface area contributed by atoms with E-state index >= 15 is 0 Å². The van der Waals surface area contributed by atoms with Crippen molar-refractivity contribution in [3.05, 3.63) is 54.6 Å². The Hall–Kier alpha value is -2.24. The van der Waals surface area contributed by atoms with E-state index in [9.17, 15) is 15.0 Å². The van der Waals surface area contributed by atoms with Gasteiger partial charge in [-0.2, -0.15) is 0 Å². The third-order valence-corrected chi connectivity index (χ3v) is 2.42. The summed E-state index contributed by atoms with van der Waals surface area (Å²) in [5, 5.41) is 21.9. The molecule has 0 spiro atoms. The molecule has 0 bridgehead atoms. The molecular formula is C15H15CuN3O3. The monoisotopic (exact) mass is 348 g/mol. The molecule has 0 atom stereocenters. The third-order valence-electron chi connectivity index (χ3n) is 2.42. The zero-order valence-corrected chi connectivity index (χ0v) is 13.0. The van der Waals surface area contributed by atoms with E-state index < -0.39 is 11.5 Å². The third kappa shape index (κ3) is 6.97. The molecule has 2 rings (SSSR count). The van der Waals surface area contributed by atoms with Gasteiger partial charge in [-0.15, -0.1) is 5.75 Å². The van der Waals surface area contributed by atoms with Gasteiger partial charge in [0, 0.05) is 31.0 Å². The summed E-state index contributed by atoms with van der Waals surface area (Å²) in [5.41, 5.74) is -0.950. The minimum absolute atomic E-state index is 0. The Balaban J connectivity index is 0.000000529. The molecule has 119 valence electrons. The van der Waals surface area contributed by atoms with Crippen LogP contribution in [-0.2, 0) is 21.9 Å². The predicted molar refractivity (Wildman–Crippen MR) is 74.6 cm³/mol. The van der Waals surface area contributed by atoms with Crippen molar-refractivity contribution in [2.75, 3.05) is 0 Å². The molecule has 0 aliphatic heterocycles. The summed E-state index contributed by atoms with van der Waals surface area (Å²) in [6.45, 7) is 2.82. The second-order valence-electron chi connectivity index (χ2n) is 4.54. The molecule has 0 fully saturated rings. The maximum Gasteiger partial charge on any atom is 2.00 e. The van der Waals surface area contributed by atoms with Gasteiger partial charge in [-0.25, -0.2) is 0 Å². The van der Waals surface area contributed by atoms with E-state index in [0.29, 0.717) is 5.56 Å². The smallest absolute Gasteiger partial charge is 0.872 e. The number of aliphatic imine (C=N–C) groups is 1. The number of hydrogen-bond acceptors (Lipinski definition) is 6. The fourth-order valence-corrected chi connectivity index (χ4v) is 1.12. The fourth-order valence-electron chi connectivity index (χ4n) is 1.12. The average Bonchev–Trinajstić information content (AvgIpc) is 2.49. The Morgan fingerprint density at radius 1 is 1.14 bits per heavy atom. The number of para-hydroxylation sites is 1. The number of aromatic nitrogens is 2. The Morgan fingerprint density at radius 3 is 2.05 bits per heavy atom. The molecule has 1 aromatic carbocycles. The molecule has 0 N–H and O–H groups in total. The number of hydrogen-bond donors (Lipinski definition) is 0. The Bertz CT molecular complexity index is 577. The average molecular weight is 349 g/mol. The van der Waals surface area contributed by atoms with Gasteiger partial charge in [0.1, 0.15) is 0 Å². The van der Waals surface area contributed by atoms with E-state index in [1.165, 1.54) is 26.1 Å². The molecule has 0 aliphatic carbocycles. The molecular weight excluding hydrogens is 334 g/mol. The summed E-state index contributed by atoms with van der Waals surface area (Å²) < 4.78 is 0. The summed E-state index contributed by atoms with van der Waals surface area (Å²) in [5.74, 6) is -1.46. The summed E-state index contributed by atoms with van der Waals surface area (Å²) in [6.07, 6.45) is 7.82. The molecule has 6 nitrogen and oxygen atoms in total. The van der Waals surface area contributed by atoms with Crippen molar-refractivity contribution >= 4 is 12.2 Å². The number of carboxylic acids is 1. The summed E-state index contributed by atoms with van der Waals surface area (Å²) >= 11 is 0. The van der Waals surface area contributed by atoms with Gasteiger partial charge in [-0.1, -0.05) is 24.3 Å². The van der Waals surface area contributed by atoms with Crippen molar-refractivity contribution in [3.8, 4) is 5.75 Å². The minimum atomic E-state index is -1.32. The fraction of sp³-hybridized carbons (Fsp3) is 0.200. The largest absolute Gasteiger partial charge is 2.00 e. The van der Waals surface area contributed by atoms with Gasteiger partial charge in [0.2, 0.25) is 0 Å². The van der Waals surface area contributed by atoms with Crippen LogP contribution < -0.4 is 10.2 Å². The number of benzene rings is 1. The Morgan fingerprint density at radius 2 is 1.64 bits per heavy atom. The zero-order chi connectivity index (χ0) is 15.7.